The third kappa shape index (κ3) is 4.23. The molecule has 2 atom stereocenters. The summed E-state index contributed by atoms with van der Waals surface area (Å²) < 4.78 is 37.9. The minimum atomic E-state index is -4.30. The van der Waals surface area contributed by atoms with E-state index in [0.717, 1.165) is 18.1 Å². The Morgan fingerprint density at radius 3 is 2.10 bits per heavy atom. The molecular weight excluding hydrogens is 263 g/mol. The predicted octanol–water partition coefficient (Wildman–Crippen LogP) is 5.09. The van der Waals surface area contributed by atoms with Gasteiger partial charge in [-0.25, -0.2) is 0 Å². The molecule has 0 saturated heterocycles. The molecular formula is C16H24F3N. The molecule has 1 rings (SSSR count). The first-order valence-corrected chi connectivity index (χ1v) is 6.86. The minimum absolute atomic E-state index is 0.136. The molecule has 0 spiro atoms. The van der Waals surface area contributed by atoms with E-state index < -0.39 is 11.7 Å². The van der Waals surface area contributed by atoms with E-state index in [4.69, 9.17) is 5.73 Å². The van der Waals surface area contributed by atoms with Crippen molar-refractivity contribution in [1.82, 2.24) is 0 Å². The number of hydrogen-bond donors (Lipinski definition) is 1. The van der Waals surface area contributed by atoms with Gasteiger partial charge >= 0.3 is 6.18 Å². The Hall–Kier alpha value is -1.03. The zero-order valence-corrected chi connectivity index (χ0v) is 12.8. The van der Waals surface area contributed by atoms with Crippen LogP contribution in [0, 0.1) is 18.3 Å². The lowest BCUT2D eigenvalue weighted by molar-refractivity contribution is -0.137. The van der Waals surface area contributed by atoms with Crippen LogP contribution in [0.5, 0.6) is 0 Å². The Labute approximate surface area is 119 Å². The van der Waals surface area contributed by atoms with E-state index in [1.165, 1.54) is 12.1 Å². The SMILES string of the molecule is Cc1cc(C(F)(F)F)ccc1C(N)CC(C)C(C)(C)C. The van der Waals surface area contributed by atoms with Crippen molar-refractivity contribution in [2.75, 3.05) is 0 Å². The molecule has 1 aromatic rings. The molecule has 0 aromatic heterocycles. The number of hydrogen-bond acceptors (Lipinski definition) is 1. The Morgan fingerprint density at radius 2 is 1.70 bits per heavy atom. The van der Waals surface area contributed by atoms with E-state index in [1.807, 2.05) is 0 Å². The molecule has 0 saturated carbocycles. The Kier molecular flexibility index (Phi) is 4.90. The van der Waals surface area contributed by atoms with E-state index in [-0.39, 0.29) is 11.5 Å². The summed E-state index contributed by atoms with van der Waals surface area (Å²) in [6, 6.07) is 3.57. The maximum atomic E-state index is 12.6. The molecule has 0 heterocycles. The van der Waals surface area contributed by atoms with Crippen molar-refractivity contribution >= 4 is 0 Å². The van der Waals surface area contributed by atoms with Crippen LogP contribution in [-0.2, 0) is 6.18 Å². The summed E-state index contributed by atoms with van der Waals surface area (Å²) in [4.78, 5) is 0. The molecule has 2 N–H and O–H groups in total. The number of rotatable bonds is 3. The monoisotopic (exact) mass is 287 g/mol. The first kappa shape index (κ1) is 17.0. The molecule has 0 fully saturated rings. The van der Waals surface area contributed by atoms with E-state index in [1.54, 1.807) is 6.92 Å². The van der Waals surface area contributed by atoms with Gasteiger partial charge in [0, 0.05) is 6.04 Å². The number of benzene rings is 1. The van der Waals surface area contributed by atoms with Gasteiger partial charge in [-0.3, -0.25) is 0 Å². The van der Waals surface area contributed by atoms with Crippen LogP contribution in [0.3, 0.4) is 0 Å². The molecule has 1 aromatic carbocycles. The van der Waals surface area contributed by atoms with Gasteiger partial charge in [0.25, 0.3) is 0 Å². The quantitative estimate of drug-likeness (QED) is 0.823. The highest BCUT2D eigenvalue weighted by molar-refractivity contribution is 5.34. The van der Waals surface area contributed by atoms with Crippen LogP contribution < -0.4 is 5.73 Å². The van der Waals surface area contributed by atoms with Crippen molar-refractivity contribution < 1.29 is 13.2 Å². The fourth-order valence-corrected chi connectivity index (χ4v) is 2.13. The first-order chi connectivity index (χ1) is 8.93. The number of halogens is 3. The fraction of sp³-hybridized carbons (Fsp3) is 0.625. The molecule has 20 heavy (non-hydrogen) atoms. The van der Waals surface area contributed by atoms with E-state index in [9.17, 15) is 13.2 Å². The van der Waals surface area contributed by atoms with Crippen molar-refractivity contribution in [3.63, 3.8) is 0 Å². The summed E-state index contributed by atoms with van der Waals surface area (Å²) in [7, 11) is 0. The van der Waals surface area contributed by atoms with Gasteiger partial charge in [-0.15, -0.1) is 0 Å². The average Bonchev–Trinajstić information content (AvgIpc) is 2.25. The lowest BCUT2D eigenvalue weighted by Gasteiger charge is -2.30. The van der Waals surface area contributed by atoms with Gasteiger partial charge in [0.2, 0.25) is 0 Å². The van der Waals surface area contributed by atoms with Crippen molar-refractivity contribution in [3.05, 3.63) is 34.9 Å². The summed E-state index contributed by atoms with van der Waals surface area (Å²) in [6.45, 7) is 10.2. The zero-order valence-electron chi connectivity index (χ0n) is 12.8. The third-order valence-corrected chi connectivity index (χ3v) is 4.08. The van der Waals surface area contributed by atoms with Crippen LogP contribution in [0.15, 0.2) is 18.2 Å². The normalized spacial score (nSPS) is 16.1. The summed E-state index contributed by atoms with van der Waals surface area (Å²) in [6.07, 6.45) is -3.54. The van der Waals surface area contributed by atoms with Gasteiger partial charge < -0.3 is 5.73 Å². The van der Waals surface area contributed by atoms with E-state index >= 15 is 0 Å². The van der Waals surface area contributed by atoms with Crippen molar-refractivity contribution in [2.45, 2.75) is 53.3 Å². The molecule has 0 aliphatic rings. The molecule has 4 heteroatoms. The van der Waals surface area contributed by atoms with Crippen molar-refractivity contribution in [1.29, 1.82) is 0 Å². The van der Waals surface area contributed by atoms with Gasteiger partial charge in [-0.2, -0.15) is 13.2 Å². The molecule has 2 unspecified atom stereocenters. The Morgan fingerprint density at radius 1 is 1.15 bits per heavy atom. The lowest BCUT2D eigenvalue weighted by atomic mass is 9.77. The second-order valence-corrected chi connectivity index (χ2v) is 6.68. The van der Waals surface area contributed by atoms with E-state index in [0.29, 0.717) is 11.5 Å². The third-order valence-electron chi connectivity index (χ3n) is 4.08. The van der Waals surface area contributed by atoms with Crippen molar-refractivity contribution in [2.24, 2.45) is 17.1 Å². The number of alkyl halides is 3. The van der Waals surface area contributed by atoms with Gasteiger partial charge in [0.1, 0.15) is 0 Å². The Bertz CT molecular complexity index is 458. The number of nitrogens with two attached hydrogens (primary N) is 1. The van der Waals surface area contributed by atoms with Crippen molar-refractivity contribution in [3.8, 4) is 0 Å². The summed E-state index contributed by atoms with van der Waals surface area (Å²) in [5.41, 5.74) is 7.10. The standard InChI is InChI=1S/C16H24F3N/c1-10-8-12(16(17,18)19)6-7-13(10)14(20)9-11(2)15(3,4)5/h6-8,11,14H,9,20H2,1-5H3. The Balaban J connectivity index is 2.93. The van der Waals surface area contributed by atoms with E-state index in [2.05, 4.69) is 27.7 Å². The van der Waals surface area contributed by atoms with Crippen LogP contribution >= 0.6 is 0 Å². The molecule has 0 aliphatic carbocycles. The molecule has 0 radical (unpaired) electrons. The fourth-order valence-electron chi connectivity index (χ4n) is 2.13. The van der Waals surface area contributed by atoms with Crippen LogP contribution in [0.25, 0.3) is 0 Å². The highest BCUT2D eigenvalue weighted by Gasteiger charge is 2.31. The topological polar surface area (TPSA) is 26.0 Å². The zero-order chi connectivity index (χ0) is 15.7. The second-order valence-electron chi connectivity index (χ2n) is 6.68. The minimum Gasteiger partial charge on any atom is -0.324 e. The average molecular weight is 287 g/mol. The largest absolute Gasteiger partial charge is 0.416 e. The highest BCUT2D eigenvalue weighted by atomic mass is 19.4. The van der Waals surface area contributed by atoms with Gasteiger partial charge in [-0.05, 0) is 47.9 Å². The second kappa shape index (κ2) is 5.76. The van der Waals surface area contributed by atoms with Crippen LogP contribution in [0.1, 0.15) is 56.8 Å². The van der Waals surface area contributed by atoms with Crippen LogP contribution in [0.2, 0.25) is 0 Å². The molecule has 1 nitrogen and oxygen atoms in total. The first-order valence-electron chi connectivity index (χ1n) is 6.86. The van der Waals surface area contributed by atoms with Gasteiger partial charge in [0.05, 0.1) is 5.56 Å². The summed E-state index contributed by atoms with van der Waals surface area (Å²) in [5, 5.41) is 0. The van der Waals surface area contributed by atoms with Crippen LogP contribution in [-0.4, -0.2) is 0 Å². The molecule has 0 amide bonds. The van der Waals surface area contributed by atoms with Crippen LogP contribution in [0.4, 0.5) is 13.2 Å². The smallest absolute Gasteiger partial charge is 0.324 e. The maximum absolute atomic E-state index is 12.6. The molecule has 114 valence electrons. The summed E-state index contributed by atoms with van der Waals surface area (Å²) >= 11 is 0. The highest BCUT2D eigenvalue weighted by Crippen LogP contribution is 2.35. The number of aryl methyl sites for hydroxylation is 1. The maximum Gasteiger partial charge on any atom is 0.416 e. The van der Waals surface area contributed by atoms with Gasteiger partial charge in [-0.1, -0.05) is 33.8 Å². The molecule has 0 aliphatic heterocycles. The predicted molar refractivity (Wildman–Crippen MR) is 76.3 cm³/mol. The van der Waals surface area contributed by atoms with Gasteiger partial charge in [0.15, 0.2) is 0 Å². The molecule has 0 bridgehead atoms. The summed E-state index contributed by atoms with van der Waals surface area (Å²) in [5.74, 6) is 0.388. The lowest BCUT2D eigenvalue weighted by Crippen LogP contribution is -2.23.